The van der Waals surface area contributed by atoms with Crippen LogP contribution < -0.4 is 0 Å². The van der Waals surface area contributed by atoms with Crippen molar-refractivity contribution in [3.63, 3.8) is 0 Å². The van der Waals surface area contributed by atoms with Crippen molar-refractivity contribution in [1.82, 2.24) is 15.0 Å². The summed E-state index contributed by atoms with van der Waals surface area (Å²) in [5.74, 6) is -2.88. The fraction of sp³-hybridized carbons (Fsp3) is 0.822. The van der Waals surface area contributed by atoms with Crippen LogP contribution in [0.1, 0.15) is 104 Å². The second-order valence-electron chi connectivity index (χ2n) is 20.1. The predicted molar refractivity (Wildman–Crippen MR) is 215 cm³/mol. The van der Waals surface area contributed by atoms with E-state index >= 15 is 0 Å². The Bertz CT molecular complexity index is 1850. The van der Waals surface area contributed by atoms with Crippen LogP contribution in [0.4, 0.5) is 0 Å². The third kappa shape index (κ3) is 7.33. The molecular weight excluding hydrogens is 791 g/mol. The highest BCUT2D eigenvalue weighted by Gasteiger charge is 2.77. The van der Waals surface area contributed by atoms with Gasteiger partial charge in [0.2, 0.25) is 0 Å². The van der Waals surface area contributed by atoms with E-state index in [2.05, 4.69) is 17.2 Å². The van der Waals surface area contributed by atoms with Gasteiger partial charge in [0.25, 0.3) is 0 Å². The number of hydrogen-bond acceptors (Lipinski definition) is 15. The Hall–Kier alpha value is -2.16. The highest BCUT2D eigenvalue weighted by molar-refractivity contribution is 5.26. The van der Waals surface area contributed by atoms with Gasteiger partial charge in [0.05, 0.1) is 60.4 Å². The first kappa shape index (κ1) is 44.1. The highest BCUT2D eigenvalue weighted by Crippen LogP contribution is 2.72. The topological polar surface area (TPSA) is 184 Å². The Morgan fingerprint density at radius 3 is 2.39 bits per heavy atom. The van der Waals surface area contributed by atoms with Gasteiger partial charge in [-0.2, -0.15) is 0 Å². The number of fused-ring (bicyclic) bond motifs is 4. The summed E-state index contributed by atoms with van der Waals surface area (Å²) in [6, 6.07) is 10.0. The van der Waals surface area contributed by atoms with Crippen LogP contribution in [-0.4, -0.2) is 137 Å². The van der Waals surface area contributed by atoms with E-state index < -0.39 is 88.7 Å². The lowest BCUT2D eigenvalue weighted by molar-refractivity contribution is -0.410. The van der Waals surface area contributed by atoms with Crippen LogP contribution in [-0.2, 0) is 53.9 Å². The lowest BCUT2D eigenvalue weighted by atomic mass is 9.40. The van der Waals surface area contributed by atoms with Crippen LogP contribution in [0, 0.1) is 28.6 Å². The van der Waals surface area contributed by atoms with Gasteiger partial charge in [0.15, 0.2) is 17.9 Å². The number of aromatic nitrogens is 3. The molecule has 7 aliphatic rings. The zero-order valence-corrected chi connectivity index (χ0v) is 36.9. The van der Waals surface area contributed by atoms with Crippen LogP contribution in [0.3, 0.4) is 0 Å². The maximum atomic E-state index is 13.4. The van der Waals surface area contributed by atoms with Crippen LogP contribution >= 0.6 is 0 Å². The van der Waals surface area contributed by atoms with Crippen molar-refractivity contribution >= 4 is 0 Å². The molecule has 0 bridgehead atoms. The monoisotopic (exact) mass is 857 g/mol. The third-order valence-corrected chi connectivity index (χ3v) is 15.8. The van der Waals surface area contributed by atoms with Gasteiger partial charge in [-0.3, -0.25) is 0 Å². The standard InChI is InChI=1S/C45H67N3O13/c1-26-36(55-25-53-8)37-38(61-41(4,5)60-37)39(57-26)58-28-18-33-44(23-56-40(2,3)59-33)34-29(14-16-43(44,50)19-28)45(51)17-15-30(42(45,6)20-32(34)54-24-52-7)35(49)31-22-48(47-46-31)21-27-12-10-9-11-13-27/h9-13,22,26,28-30,32-39,49-51H,14-21,23-25H2,1-8H3/t26-,28-,29?,30+,32+,33+,34?,35?,36-,37+,38+,39-,42+,43-,44+,45-/m0/s1. The molecule has 4 aliphatic carbocycles. The summed E-state index contributed by atoms with van der Waals surface area (Å²) in [7, 11) is 3.17. The molecule has 7 fully saturated rings. The van der Waals surface area contributed by atoms with Crippen molar-refractivity contribution in [2.24, 2.45) is 28.6 Å². The molecule has 4 saturated carbocycles. The Morgan fingerprint density at radius 1 is 0.902 bits per heavy atom. The number of rotatable bonds is 12. The van der Waals surface area contributed by atoms with Crippen molar-refractivity contribution < 1.29 is 62.7 Å². The minimum atomic E-state index is -1.33. The predicted octanol–water partition coefficient (Wildman–Crippen LogP) is 4.23. The fourth-order valence-electron chi connectivity index (χ4n) is 13.3. The molecule has 1 aromatic heterocycles. The zero-order valence-electron chi connectivity index (χ0n) is 36.9. The van der Waals surface area contributed by atoms with Crippen molar-refractivity contribution in [2.75, 3.05) is 34.4 Å². The van der Waals surface area contributed by atoms with Crippen LogP contribution in [0.15, 0.2) is 36.5 Å². The molecule has 61 heavy (non-hydrogen) atoms. The molecule has 340 valence electrons. The average molecular weight is 858 g/mol. The first-order chi connectivity index (χ1) is 29.0. The van der Waals surface area contributed by atoms with Gasteiger partial charge in [-0.15, -0.1) is 5.10 Å². The number of methoxy groups -OCH3 is 2. The van der Waals surface area contributed by atoms with Gasteiger partial charge in [-0.05, 0) is 84.1 Å². The van der Waals surface area contributed by atoms with E-state index in [-0.39, 0.29) is 44.4 Å². The zero-order chi connectivity index (χ0) is 43.2. The number of ether oxygens (including phenoxy) is 10. The molecule has 16 atom stereocenters. The summed E-state index contributed by atoms with van der Waals surface area (Å²) in [5, 5.41) is 47.7. The van der Waals surface area contributed by atoms with Crippen LogP contribution in [0.25, 0.3) is 0 Å². The Morgan fingerprint density at radius 2 is 1.64 bits per heavy atom. The van der Waals surface area contributed by atoms with E-state index in [1.54, 1.807) is 18.9 Å². The van der Waals surface area contributed by atoms with Crippen LogP contribution in [0.5, 0.6) is 0 Å². The van der Waals surface area contributed by atoms with Crippen LogP contribution in [0.2, 0.25) is 0 Å². The summed E-state index contributed by atoms with van der Waals surface area (Å²) in [5.41, 5.74) is -2.73. The minimum absolute atomic E-state index is 0.0226. The molecule has 4 heterocycles. The number of aliphatic hydroxyl groups excluding tert-OH is 1. The van der Waals surface area contributed by atoms with E-state index in [4.69, 9.17) is 47.4 Å². The third-order valence-electron chi connectivity index (χ3n) is 15.8. The molecule has 3 saturated heterocycles. The van der Waals surface area contributed by atoms with Gasteiger partial charge in [0, 0.05) is 38.4 Å². The smallest absolute Gasteiger partial charge is 0.187 e. The molecule has 0 amide bonds. The molecular formula is C45H67N3O13. The van der Waals surface area contributed by atoms with E-state index in [1.807, 2.05) is 71.1 Å². The van der Waals surface area contributed by atoms with Gasteiger partial charge in [0.1, 0.15) is 43.7 Å². The quantitative estimate of drug-likeness (QED) is 0.204. The molecule has 16 heteroatoms. The fourth-order valence-corrected chi connectivity index (χ4v) is 13.3. The van der Waals surface area contributed by atoms with Gasteiger partial charge < -0.3 is 62.7 Å². The lowest BCUT2D eigenvalue weighted by Gasteiger charge is -2.71. The molecule has 3 N–H and O–H groups in total. The average Bonchev–Trinajstić information content (AvgIpc) is 3.88. The number of benzene rings is 1. The van der Waals surface area contributed by atoms with Crippen molar-refractivity contribution in [2.45, 2.75) is 171 Å². The van der Waals surface area contributed by atoms with E-state index in [0.29, 0.717) is 50.8 Å². The Labute approximate surface area is 358 Å². The Balaban J connectivity index is 1.01. The first-order valence-electron chi connectivity index (χ1n) is 22.2. The summed E-state index contributed by atoms with van der Waals surface area (Å²) >= 11 is 0. The van der Waals surface area contributed by atoms with Crippen molar-refractivity contribution in [3.05, 3.63) is 47.8 Å². The first-order valence-corrected chi connectivity index (χ1v) is 22.2. The molecule has 2 aromatic rings. The second kappa shape index (κ2) is 16.1. The molecule has 1 aromatic carbocycles. The largest absolute Gasteiger partial charge is 0.389 e. The number of aliphatic hydroxyl groups is 3. The molecule has 9 rings (SSSR count). The van der Waals surface area contributed by atoms with Crippen molar-refractivity contribution in [1.29, 1.82) is 0 Å². The molecule has 0 radical (unpaired) electrons. The van der Waals surface area contributed by atoms with Gasteiger partial charge >= 0.3 is 0 Å². The maximum absolute atomic E-state index is 13.4. The molecule has 3 unspecified atom stereocenters. The normalized spacial score (nSPS) is 45.3. The van der Waals surface area contributed by atoms with E-state index in [9.17, 15) is 15.3 Å². The Kier molecular flexibility index (Phi) is 11.6. The summed E-state index contributed by atoms with van der Waals surface area (Å²) < 4.78 is 65.0. The molecule has 3 aliphatic heterocycles. The minimum Gasteiger partial charge on any atom is -0.389 e. The van der Waals surface area contributed by atoms with E-state index in [0.717, 1.165) is 5.56 Å². The number of nitrogens with zero attached hydrogens (tertiary/aromatic N) is 3. The van der Waals surface area contributed by atoms with Gasteiger partial charge in [-0.1, -0.05) is 42.5 Å². The maximum Gasteiger partial charge on any atom is 0.187 e. The van der Waals surface area contributed by atoms with Gasteiger partial charge in [-0.25, -0.2) is 4.68 Å². The summed E-state index contributed by atoms with van der Waals surface area (Å²) in [6.07, 6.45) is -0.255. The second-order valence-corrected chi connectivity index (χ2v) is 20.1. The van der Waals surface area contributed by atoms with Crippen molar-refractivity contribution in [3.8, 4) is 0 Å². The SMILES string of the molecule is COCO[C@@H]1[C@H]2OC(C)(C)O[C@H]2[C@H](O[C@H]2C[C@H]3OC(C)(C)OC[C@]34C3C(CC[C@]4(O)C2)[C@@]2(O)CC[C@H](C(O)c4cn(Cc5ccccc5)nn4)[C@@]2(C)C[C@H]3OCOC)O[C@H]1C. The molecule has 1 spiro atoms. The highest BCUT2D eigenvalue weighted by atomic mass is 16.8. The summed E-state index contributed by atoms with van der Waals surface area (Å²) in [6.45, 7) is 12.4. The number of hydrogen-bond donors (Lipinski definition) is 3. The lowest BCUT2D eigenvalue weighted by Crippen LogP contribution is -2.78. The molecule has 16 nitrogen and oxygen atoms in total. The van der Waals surface area contributed by atoms with E-state index in [1.165, 1.54) is 0 Å². The summed E-state index contributed by atoms with van der Waals surface area (Å²) in [4.78, 5) is 0.